The molecule has 0 saturated carbocycles. The molecule has 0 bridgehead atoms. The third kappa shape index (κ3) is 3.02. The van der Waals surface area contributed by atoms with Crippen molar-refractivity contribution in [2.24, 2.45) is 0 Å². The minimum atomic E-state index is 0.371. The molecule has 1 atom stereocenters. The third-order valence-electron chi connectivity index (χ3n) is 3.39. The van der Waals surface area contributed by atoms with Gasteiger partial charge in [0.1, 0.15) is 0 Å². The van der Waals surface area contributed by atoms with E-state index in [1.165, 1.54) is 15.7 Å². The van der Waals surface area contributed by atoms with E-state index < -0.39 is 0 Å². The summed E-state index contributed by atoms with van der Waals surface area (Å²) < 4.78 is 5.41. The van der Waals surface area contributed by atoms with E-state index in [1.54, 1.807) is 7.11 Å². The molecule has 1 unspecified atom stereocenters. The predicted octanol–water partition coefficient (Wildman–Crippen LogP) is 2.04. The van der Waals surface area contributed by atoms with Gasteiger partial charge in [-0.05, 0) is 19.4 Å². The van der Waals surface area contributed by atoms with Crippen LogP contribution in [0.15, 0.2) is 0 Å². The van der Waals surface area contributed by atoms with Gasteiger partial charge in [0.2, 0.25) is 0 Å². The first-order valence-electron chi connectivity index (χ1n) is 6.75. The molecule has 2 heterocycles. The Labute approximate surface area is 113 Å². The number of anilines is 1. The van der Waals surface area contributed by atoms with Crippen LogP contribution >= 0.6 is 11.3 Å². The number of rotatable bonds is 6. The lowest BCUT2D eigenvalue weighted by Crippen LogP contribution is -2.21. The Hall–Kier alpha value is -0.650. The van der Waals surface area contributed by atoms with Gasteiger partial charge in [-0.1, -0.05) is 13.8 Å². The third-order valence-corrected chi connectivity index (χ3v) is 4.54. The van der Waals surface area contributed by atoms with Crippen molar-refractivity contribution in [2.75, 3.05) is 31.6 Å². The molecule has 1 aromatic rings. The number of nitrogens with zero attached hydrogens (tertiary/aromatic N) is 2. The molecule has 1 N–H and O–H groups in total. The molecule has 1 aromatic heterocycles. The van der Waals surface area contributed by atoms with Gasteiger partial charge >= 0.3 is 0 Å². The first-order chi connectivity index (χ1) is 8.78. The van der Waals surface area contributed by atoms with Crippen molar-refractivity contribution in [3.05, 3.63) is 10.6 Å². The number of hydrogen-bond acceptors (Lipinski definition) is 5. The van der Waals surface area contributed by atoms with E-state index in [1.807, 2.05) is 11.3 Å². The fourth-order valence-electron chi connectivity index (χ4n) is 2.25. The van der Waals surface area contributed by atoms with Gasteiger partial charge in [0.15, 0.2) is 5.13 Å². The zero-order valence-electron chi connectivity index (χ0n) is 11.5. The van der Waals surface area contributed by atoms with Crippen LogP contribution in [0.2, 0.25) is 0 Å². The first-order valence-corrected chi connectivity index (χ1v) is 7.57. The number of nitrogens with one attached hydrogen (secondary N) is 1. The van der Waals surface area contributed by atoms with Crippen LogP contribution in [-0.4, -0.2) is 37.8 Å². The zero-order valence-corrected chi connectivity index (χ0v) is 12.3. The fourth-order valence-corrected chi connectivity index (χ4v) is 3.41. The average Bonchev–Trinajstić information content (AvgIpc) is 3.02. The van der Waals surface area contributed by atoms with E-state index in [4.69, 9.17) is 9.72 Å². The Balaban J connectivity index is 2.07. The van der Waals surface area contributed by atoms with Gasteiger partial charge in [0, 0.05) is 31.6 Å². The van der Waals surface area contributed by atoms with Crippen LogP contribution < -0.4 is 10.2 Å². The summed E-state index contributed by atoms with van der Waals surface area (Å²) >= 11 is 1.83. The summed E-state index contributed by atoms with van der Waals surface area (Å²) in [7, 11) is 1.80. The molecule has 0 radical (unpaired) electrons. The molecule has 18 heavy (non-hydrogen) atoms. The SMILES string of the molecule is CCNCc1sc(N2CCC(OC)C2)nc1CC. The molecule has 0 aromatic carbocycles. The summed E-state index contributed by atoms with van der Waals surface area (Å²) in [5, 5.41) is 4.56. The predicted molar refractivity (Wildman–Crippen MR) is 76.5 cm³/mol. The van der Waals surface area contributed by atoms with Crippen LogP contribution in [0.5, 0.6) is 0 Å². The molecule has 1 aliphatic rings. The van der Waals surface area contributed by atoms with Crippen LogP contribution in [-0.2, 0) is 17.7 Å². The van der Waals surface area contributed by atoms with Crippen molar-refractivity contribution in [1.29, 1.82) is 0 Å². The van der Waals surface area contributed by atoms with E-state index in [-0.39, 0.29) is 0 Å². The van der Waals surface area contributed by atoms with Gasteiger partial charge in [0.05, 0.1) is 11.8 Å². The Morgan fingerprint density at radius 2 is 2.33 bits per heavy atom. The quantitative estimate of drug-likeness (QED) is 0.857. The van der Waals surface area contributed by atoms with E-state index in [9.17, 15) is 0 Å². The molecule has 2 rings (SSSR count). The number of aryl methyl sites for hydroxylation is 1. The first kappa shape index (κ1) is 13.8. The van der Waals surface area contributed by atoms with Crippen molar-refractivity contribution in [3.63, 3.8) is 0 Å². The summed E-state index contributed by atoms with van der Waals surface area (Å²) in [5.41, 5.74) is 1.25. The van der Waals surface area contributed by atoms with Crippen molar-refractivity contribution in [1.82, 2.24) is 10.3 Å². The Bertz CT molecular complexity index is 380. The summed E-state index contributed by atoms with van der Waals surface area (Å²) in [6.45, 7) is 8.31. The largest absolute Gasteiger partial charge is 0.380 e. The highest BCUT2D eigenvalue weighted by molar-refractivity contribution is 7.15. The van der Waals surface area contributed by atoms with Gasteiger partial charge in [-0.3, -0.25) is 0 Å². The molecule has 1 saturated heterocycles. The van der Waals surface area contributed by atoms with Crippen molar-refractivity contribution >= 4 is 16.5 Å². The number of ether oxygens (including phenoxy) is 1. The van der Waals surface area contributed by atoms with Crippen LogP contribution in [0.4, 0.5) is 5.13 Å². The summed E-state index contributed by atoms with van der Waals surface area (Å²) in [6.07, 6.45) is 2.50. The van der Waals surface area contributed by atoms with Crippen LogP contribution in [0.25, 0.3) is 0 Å². The van der Waals surface area contributed by atoms with Crippen LogP contribution in [0.1, 0.15) is 30.8 Å². The summed E-state index contributed by atoms with van der Waals surface area (Å²) in [6, 6.07) is 0. The maximum absolute atomic E-state index is 5.41. The second kappa shape index (κ2) is 6.50. The van der Waals surface area contributed by atoms with Crippen molar-refractivity contribution < 1.29 is 4.74 Å². The van der Waals surface area contributed by atoms with E-state index >= 15 is 0 Å². The van der Waals surface area contributed by atoms with E-state index in [0.29, 0.717) is 6.10 Å². The standard InChI is InChI=1S/C13H23N3OS/c1-4-11-12(8-14-5-2)18-13(15-11)16-7-6-10(9-16)17-3/h10,14H,4-9H2,1-3H3. The van der Waals surface area contributed by atoms with Gasteiger partial charge in [-0.15, -0.1) is 11.3 Å². The highest BCUT2D eigenvalue weighted by atomic mass is 32.1. The van der Waals surface area contributed by atoms with Gasteiger partial charge in [0.25, 0.3) is 0 Å². The van der Waals surface area contributed by atoms with Crippen molar-refractivity contribution in [2.45, 2.75) is 39.3 Å². The second-order valence-corrected chi connectivity index (χ2v) is 5.65. The number of methoxy groups -OCH3 is 1. The normalized spacial score (nSPS) is 19.7. The van der Waals surface area contributed by atoms with Crippen LogP contribution in [0.3, 0.4) is 0 Å². The van der Waals surface area contributed by atoms with Gasteiger partial charge < -0.3 is 15.0 Å². The maximum Gasteiger partial charge on any atom is 0.185 e. The summed E-state index contributed by atoms with van der Waals surface area (Å²) in [4.78, 5) is 8.52. The monoisotopic (exact) mass is 269 g/mol. The van der Waals surface area contributed by atoms with E-state index in [2.05, 4.69) is 24.1 Å². The number of aromatic nitrogens is 1. The van der Waals surface area contributed by atoms with Gasteiger partial charge in [-0.2, -0.15) is 0 Å². The Morgan fingerprint density at radius 3 is 2.94 bits per heavy atom. The summed E-state index contributed by atoms with van der Waals surface area (Å²) in [5.74, 6) is 0. The molecule has 0 spiro atoms. The lowest BCUT2D eigenvalue weighted by atomic mass is 10.3. The van der Waals surface area contributed by atoms with E-state index in [0.717, 1.165) is 39.0 Å². The van der Waals surface area contributed by atoms with Crippen LogP contribution in [0, 0.1) is 0 Å². The highest BCUT2D eigenvalue weighted by Crippen LogP contribution is 2.29. The maximum atomic E-state index is 5.41. The molecule has 1 aliphatic heterocycles. The molecule has 0 amide bonds. The van der Waals surface area contributed by atoms with Crippen molar-refractivity contribution in [3.8, 4) is 0 Å². The minimum Gasteiger partial charge on any atom is -0.380 e. The Morgan fingerprint density at radius 1 is 1.50 bits per heavy atom. The Kier molecular flexibility index (Phi) is 4.97. The fraction of sp³-hybridized carbons (Fsp3) is 0.769. The lowest BCUT2D eigenvalue weighted by molar-refractivity contribution is 0.121. The molecular formula is C13H23N3OS. The average molecular weight is 269 g/mol. The molecular weight excluding hydrogens is 246 g/mol. The molecule has 0 aliphatic carbocycles. The number of hydrogen-bond donors (Lipinski definition) is 1. The molecule has 4 nitrogen and oxygen atoms in total. The topological polar surface area (TPSA) is 37.4 Å². The lowest BCUT2D eigenvalue weighted by Gasteiger charge is -2.13. The minimum absolute atomic E-state index is 0.371. The molecule has 102 valence electrons. The highest BCUT2D eigenvalue weighted by Gasteiger charge is 2.25. The second-order valence-electron chi connectivity index (χ2n) is 4.59. The molecule has 5 heteroatoms. The van der Waals surface area contributed by atoms with Gasteiger partial charge in [-0.25, -0.2) is 4.98 Å². The zero-order chi connectivity index (χ0) is 13.0. The molecule has 1 fully saturated rings. The smallest absolute Gasteiger partial charge is 0.185 e. The number of thiazole rings is 1.